The van der Waals surface area contributed by atoms with Gasteiger partial charge in [0.1, 0.15) is 11.4 Å². The van der Waals surface area contributed by atoms with Gasteiger partial charge in [0.05, 0.1) is 23.4 Å². The van der Waals surface area contributed by atoms with Gasteiger partial charge in [0.15, 0.2) is 10.8 Å². The van der Waals surface area contributed by atoms with Crippen molar-refractivity contribution in [1.29, 1.82) is 0 Å². The first-order valence-electron chi connectivity index (χ1n) is 11.0. The van der Waals surface area contributed by atoms with Crippen LogP contribution in [0.2, 0.25) is 0 Å². The van der Waals surface area contributed by atoms with Crippen LogP contribution in [0.1, 0.15) is 36.7 Å². The molecule has 1 saturated heterocycles. The number of nitrogens with one attached hydrogen (secondary N) is 1. The third-order valence-electron chi connectivity index (χ3n) is 5.70. The van der Waals surface area contributed by atoms with E-state index in [1.54, 1.807) is 29.1 Å². The van der Waals surface area contributed by atoms with Crippen molar-refractivity contribution in [2.45, 2.75) is 33.2 Å². The Morgan fingerprint density at radius 2 is 2.09 bits per heavy atom. The third kappa shape index (κ3) is 4.53. The van der Waals surface area contributed by atoms with E-state index in [1.807, 2.05) is 25.7 Å². The molecule has 0 unspecified atom stereocenters. The number of fused-ring (bicyclic) bond motifs is 1. The van der Waals surface area contributed by atoms with Crippen LogP contribution in [-0.2, 0) is 9.53 Å². The number of pyridine rings is 2. The van der Waals surface area contributed by atoms with Crippen LogP contribution < -0.4 is 15.6 Å². The summed E-state index contributed by atoms with van der Waals surface area (Å²) in [6, 6.07) is 1.76. The number of amides is 1. The van der Waals surface area contributed by atoms with Crippen LogP contribution in [-0.4, -0.2) is 63.4 Å². The number of aromatic carboxylic acids is 1. The first-order chi connectivity index (χ1) is 16.1. The fourth-order valence-electron chi connectivity index (χ4n) is 3.93. The van der Waals surface area contributed by atoms with Gasteiger partial charge in [0.25, 0.3) is 0 Å². The predicted molar refractivity (Wildman–Crippen MR) is 129 cm³/mol. The van der Waals surface area contributed by atoms with E-state index < -0.39 is 16.9 Å². The van der Waals surface area contributed by atoms with E-state index in [2.05, 4.69) is 10.3 Å². The molecule has 10 nitrogen and oxygen atoms in total. The van der Waals surface area contributed by atoms with Gasteiger partial charge in [-0.2, -0.15) is 0 Å². The van der Waals surface area contributed by atoms with Crippen LogP contribution in [0.5, 0.6) is 0 Å². The van der Waals surface area contributed by atoms with E-state index in [4.69, 9.17) is 9.72 Å². The van der Waals surface area contributed by atoms with Crippen LogP contribution in [0.15, 0.2) is 28.6 Å². The summed E-state index contributed by atoms with van der Waals surface area (Å²) in [4.78, 5) is 48.2. The number of ether oxygens (including phenoxy) is 1. The van der Waals surface area contributed by atoms with Crippen molar-refractivity contribution in [3.05, 3.63) is 45.2 Å². The zero-order valence-electron chi connectivity index (χ0n) is 19.5. The highest BCUT2D eigenvalue weighted by atomic mass is 32.1. The van der Waals surface area contributed by atoms with Crippen molar-refractivity contribution < 1.29 is 19.4 Å². The summed E-state index contributed by atoms with van der Waals surface area (Å²) in [5.74, 6) is -0.904. The molecule has 1 aliphatic rings. The van der Waals surface area contributed by atoms with E-state index in [9.17, 15) is 19.5 Å². The molecule has 34 heavy (non-hydrogen) atoms. The molecule has 1 amide bonds. The summed E-state index contributed by atoms with van der Waals surface area (Å²) in [7, 11) is 0. The molecule has 0 radical (unpaired) electrons. The van der Waals surface area contributed by atoms with E-state index >= 15 is 0 Å². The Morgan fingerprint density at radius 3 is 2.71 bits per heavy atom. The molecule has 0 aliphatic carbocycles. The monoisotopic (exact) mass is 485 g/mol. The van der Waals surface area contributed by atoms with Gasteiger partial charge in [-0.1, -0.05) is 0 Å². The van der Waals surface area contributed by atoms with Gasteiger partial charge in [-0.05, 0) is 39.3 Å². The number of thiazole rings is 1. The minimum absolute atomic E-state index is 0.0377. The Balaban J connectivity index is 1.63. The number of anilines is 1. The number of rotatable bonds is 8. The normalized spacial score (nSPS) is 14.3. The van der Waals surface area contributed by atoms with Gasteiger partial charge >= 0.3 is 5.97 Å². The van der Waals surface area contributed by atoms with Crippen molar-refractivity contribution >= 4 is 40.1 Å². The second-order valence-corrected chi connectivity index (χ2v) is 9.84. The number of aromatic nitrogens is 3. The van der Waals surface area contributed by atoms with Gasteiger partial charge in [0.2, 0.25) is 11.3 Å². The average molecular weight is 486 g/mol. The molecule has 3 aromatic heterocycles. The quantitative estimate of drug-likeness (QED) is 0.497. The minimum atomic E-state index is -1.30. The number of carbonyl (C=O) groups is 2. The maximum atomic E-state index is 12.9. The number of hydrogen-bond donors (Lipinski definition) is 2. The van der Waals surface area contributed by atoms with E-state index in [0.717, 1.165) is 0 Å². The highest BCUT2D eigenvalue weighted by Crippen LogP contribution is 2.28. The maximum absolute atomic E-state index is 12.9. The predicted octanol–water partition coefficient (Wildman–Crippen LogP) is 2.22. The molecule has 3 aromatic rings. The highest BCUT2D eigenvalue weighted by Gasteiger charge is 2.36. The lowest BCUT2D eigenvalue weighted by Crippen LogP contribution is -2.58. The van der Waals surface area contributed by atoms with Crippen LogP contribution in [0.3, 0.4) is 0 Å². The smallest absolute Gasteiger partial charge is 0.341 e. The molecular formula is C23H27N5O5S. The summed E-state index contributed by atoms with van der Waals surface area (Å²) in [6.45, 7) is 9.52. The number of carboxylic acid groups (broad SMARTS) is 1. The van der Waals surface area contributed by atoms with Crippen LogP contribution in [0.4, 0.5) is 5.82 Å². The van der Waals surface area contributed by atoms with Crippen molar-refractivity contribution in [2.75, 3.05) is 31.2 Å². The Kier molecular flexibility index (Phi) is 6.41. The lowest BCUT2D eigenvalue weighted by molar-refractivity contribution is -0.128. The van der Waals surface area contributed by atoms with Gasteiger partial charge < -0.3 is 20.1 Å². The van der Waals surface area contributed by atoms with Crippen LogP contribution >= 0.6 is 11.3 Å². The molecule has 0 atom stereocenters. The summed E-state index contributed by atoms with van der Waals surface area (Å²) >= 11 is 1.31. The molecule has 1 fully saturated rings. The van der Waals surface area contributed by atoms with Crippen molar-refractivity contribution in [2.24, 2.45) is 5.92 Å². The van der Waals surface area contributed by atoms with Gasteiger partial charge in [-0.3, -0.25) is 14.2 Å². The summed E-state index contributed by atoms with van der Waals surface area (Å²) in [6.07, 6.45) is 2.88. The molecule has 0 bridgehead atoms. The lowest BCUT2D eigenvalue weighted by Gasteiger charge is -2.41. The molecule has 4 rings (SSSR count). The fraction of sp³-hybridized carbons (Fsp3) is 0.435. The second-order valence-electron chi connectivity index (χ2n) is 8.97. The number of carbonyl (C=O) groups excluding carboxylic acids is 1. The summed E-state index contributed by atoms with van der Waals surface area (Å²) in [5, 5.41) is 15.1. The van der Waals surface area contributed by atoms with Crippen LogP contribution in [0.25, 0.3) is 16.2 Å². The Hall–Kier alpha value is -3.31. The number of nitrogens with zero attached hydrogens (tertiary/aromatic N) is 4. The Morgan fingerprint density at radius 1 is 1.35 bits per heavy atom. The fourth-order valence-corrected chi connectivity index (χ4v) is 4.55. The number of carboxylic acids is 1. The molecular weight excluding hydrogens is 458 g/mol. The van der Waals surface area contributed by atoms with E-state index in [1.165, 1.54) is 17.5 Å². The van der Waals surface area contributed by atoms with E-state index in [-0.39, 0.29) is 22.8 Å². The van der Waals surface area contributed by atoms with Gasteiger partial charge in [-0.25, -0.2) is 14.8 Å². The van der Waals surface area contributed by atoms with Crippen LogP contribution in [0, 0.1) is 12.8 Å². The first-order valence-corrected chi connectivity index (χ1v) is 11.8. The molecule has 11 heteroatoms. The molecule has 180 valence electrons. The van der Waals surface area contributed by atoms with E-state index in [0.29, 0.717) is 48.5 Å². The topological polar surface area (TPSA) is 127 Å². The lowest BCUT2D eigenvalue weighted by atomic mass is 9.96. The van der Waals surface area contributed by atoms with Crippen molar-refractivity contribution in [3.8, 4) is 5.13 Å². The van der Waals surface area contributed by atoms with Crippen molar-refractivity contribution in [1.82, 2.24) is 19.9 Å². The Labute approximate surface area is 200 Å². The summed E-state index contributed by atoms with van der Waals surface area (Å²) in [5.41, 5.74) is -0.425. The molecule has 2 N–H and O–H groups in total. The van der Waals surface area contributed by atoms with Gasteiger partial charge in [0, 0.05) is 37.5 Å². The molecule has 1 aliphatic heterocycles. The molecule has 0 aromatic carbocycles. The zero-order valence-corrected chi connectivity index (χ0v) is 20.3. The number of aryl methyl sites for hydroxylation is 1. The van der Waals surface area contributed by atoms with Crippen molar-refractivity contribution in [3.63, 3.8) is 0 Å². The minimum Gasteiger partial charge on any atom is -0.477 e. The Bertz CT molecular complexity index is 1300. The maximum Gasteiger partial charge on any atom is 0.341 e. The molecule has 0 saturated carbocycles. The first kappa shape index (κ1) is 23.8. The number of hydrogen-bond acceptors (Lipinski definition) is 8. The SMILES string of the molecule is CCOCC(C)(C)NC(=O)C1CN(c2cc(C)c3c(=O)c(C(=O)O)cn(-c4nccs4)c3n2)C1. The third-order valence-corrected chi connectivity index (χ3v) is 6.47. The average Bonchev–Trinajstić information content (AvgIpc) is 3.25. The zero-order chi connectivity index (χ0) is 24.6. The molecule has 4 heterocycles. The standard InChI is InChI=1S/C23H27N5O5S/c1-5-33-12-23(3,4)26-20(30)14-9-27(10-14)16-8-13(2)17-18(29)15(21(31)32)11-28(19(17)25-16)22-24-6-7-34-22/h6-8,11,14H,5,9-10,12H2,1-4H3,(H,26,30)(H,31,32). The summed E-state index contributed by atoms with van der Waals surface area (Å²) < 4.78 is 6.99. The van der Waals surface area contributed by atoms with Gasteiger partial charge in [-0.15, -0.1) is 11.3 Å². The highest BCUT2D eigenvalue weighted by molar-refractivity contribution is 7.12. The largest absolute Gasteiger partial charge is 0.477 e. The molecule has 0 spiro atoms. The second kappa shape index (κ2) is 9.15.